The Morgan fingerprint density at radius 3 is 2.80 bits per heavy atom. The van der Waals surface area contributed by atoms with Crippen LogP contribution in [0, 0.1) is 0 Å². The van der Waals surface area contributed by atoms with E-state index in [4.69, 9.17) is 11.6 Å². The third-order valence-corrected chi connectivity index (χ3v) is 5.87. The van der Waals surface area contributed by atoms with E-state index in [-0.39, 0.29) is 11.9 Å². The van der Waals surface area contributed by atoms with Crippen molar-refractivity contribution >= 4 is 35.0 Å². The molecule has 1 atom stereocenters. The van der Waals surface area contributed by atoms with E-state index in [2.05, 4.69) is 37.6 Å². The number of hydrogen-bond acceptors (Lipinski definition) is 4. The molecule has 158 valence electrons. The number of hydrogen-bond donors (Lipinski definition) is 2. The van der Waals surface area contributed by atoms with Crippen LogP contribution in [-0.2, 0) is 11.3 Å². The first kappa shape index (κ1) is 20.5. The highest BCUT2D eigenvalue weighted by atomic mass is 35.5. The van der Waals surface area contributed by atoms with Gasteiger partial charge >= 0.3 is 0 Å². The first-order valence-corrected chi connectivity index (χ1v) is 10.7. The minimum atomic E-state index is 0.211. The molecule has 4 rings (SSSR count). The van der Waals surface area contributed by atoms with Gasteiger partial charge in [0.1, 0.15) is 5.82 Å². The standard InChI is InChI=1S/C22H27ClN6O/c1-24-22(27-17-10-13-28(15-17)21-19(23)4-2-11-25-21)26-14-16-6-8-18(9-7-16)29-12-3-5-20(29)30/h2,4,6-9,11,17H,3,5,10,12-15H2,1H3,(H2,24,26,27). The highest BCUT2D eigenvalue weighted by molar-refractivity contribution is 6.32. The Morgan fingerprint density at radius 1 is 1.27 bits per heavy atom. The van der Waals surface area contributed by atoms with Gasteiger partial charge in [-0.15, -0.1) is 0 Å². The Balaban J connectivity index is 1.28. The van der Waals surface area contributed by atoms with Gasteiger partial charge in [0.15, 0.2) is 5.96 Å². The lowest BCUT2D eigenvalue weighted by Gasteiger charge is -2.20. The zero-order valence-electron chi connectivity index (χ0n) is 17.1. The third kappa shape index (κ3) is 4.67. The molecule has 2 saturated heterocycles. The van der Waals surface area contributed by atoms with E-state index in [9.17, 15) is 4.79 Å². The molecule has 0 spiro atoms. The van der Waals surface area contributed by atoms with Crippen LogP contribution < -0.4 is 20.4 Å². The van der Waals surface area contributed by atoms with E-state index in [0.29, 0.717) is 18.0 Å². The van der Waals surface area contributed by atoms with Crippen LogP contribution in [0.1, 0.15) is 24.8 Å². The van der Waals surface area contributed by atoms with E-state index >= 15 is 0 Å². The molecule has 0 radical (unpaired) electrons. The maximum atomic E-state index is 11.9. The van der Waals surface area contributed by atoms with Crippen LogP contribution in [-0.4, -0.2) is 49.6 Å². The maximum absolute atomic E-state index is 11.9. The molecule has 1 amide bonds. The lowest BCUT2D eigenvalue weighted by Crippen LogP contribution is -2.44. The van der Waals surface area contributed by atoms with Crippen molar-refractivity contribution in [2.24, 2.45) is 4.99 Å². The highest BCUT2D eigenvalue weighted by Gasteiger charge is 2.25. The van der Waals surface area contributed by atoms with Gasteiger partial charge in [-0.25, -0.2) is 4.98 Å². The molecule has 2 fully saturated rings. The summed E-state index contributed by atoms with van der Waals surface area (Å²) in [4.78, 5) is 24.7. The van der Waals surface area contributed by atoms with Crippen LogP contribution in [0.15, 0.2) is 47.6 Å². The molecular formula is C22H27ClN6O. The zero-order valence-corrected chi connectivity index (χ0v) is 17.9. The van der Waals surface area contributed by atoms with Crippen LogP contribution in [0.25, 0.3) is 0 Å². The fraction of sp³-hybridized carbons (Fsp3) is 0.409. The van der Waals surface area contributed by atoms with Crippen molar-refractivity contribution in [3.63, 3.8) is 0 Å². The van der Waals surface area contributed by atoms with Crippen molar-refractivity contribution in [2.45, 2.75) is 31.8 Å². The van der Waals surface area contributed by atoms with Crippen molar-refractivity contribution in [3.05, 3.63) is 53.2 Å². The number of carbonyl (C=O) groups is 1. The summed E-state index contributed by atoms with van der Waals surface area (Å²) in [5.74, 6) is 1.82. The summed E-state index contributed by atoms with van der Waals surface area (Å²) in [6, 6.07) is 12.1. The normalized spacial score (nSPS) is 19.5. The summed E-state index contributed by atoms with van der Waals surface area (Å²) in [6.07, 6.45) is 4.35. The zero-order chi connectivity index (χ0) is 20.9. The Hall–Kier alpha value is -2.80. The quantitative estimate of drug-likeness (QED) is 0.568. The number of pyridine rings is 1. The minimum Gasteiger partial charge on any atom is -0.353 e. The van der Waals surface area contributed by atoms with E-state index in [1.165, 1.54) is 0 Å². The molecule has 3 heterocycles. The summed E-state index contributed by atoms with van der Waals surface area (Å²) in [6.45, 7) is 3.21. The SMILES string of the molecule is CN=C(NCc1ccc(N2CCCC2=O)cc1)NC1CCN(c2ncccc2Cl)C1. The highest BCUT2D eigenvalue weighted by Crippen LogP contribution is 2.26. The summed E-state index contributed by atoms with van der Waals surface area (Å²) in [5.41, 5.74) is 2.12. The summed E-state index contributed by atoms with van der Waals surface area (Å²) >= 11 is 6.28. The van der Waals surface area contributed by atoms with Crippen LogP contribution in [0.2, 0.25) is 5.02 Å². The fourth-order valence-corrected chi connectivity index (χ4v) is 4.21. The largest absolute Gasteiger partial charge is 0.353 e. The molecule has 0 bridgehead atoms. The molecule has 0 aliphatic carbocycles. The van der Waals surface area contributed by atoms with Crippen LogP contribution in [0.5, 0.6) is 0 Å². The lowest BCUT2D eigenvalue weighted by molar-refractivity contribution is -0.117. The maximum Gasteiger partial charge on any atom is 0.227 e. The van der Waals surface area contributed by atoms with Crippen LogP contribution in [0.3, 0.4) is 0 Å². The number of nitrogens with one attached hydrogen (secondary N) is 2. The number of benzene rings is 1. The van der Waals surface area contributed by atoms with Gasteiger partial charge in [-0.2, -0.15) is 0 Å². The average Bonchev–Trinajstić information content (AvgIpc) is 3.41. The predicted molar refractivity (Wildman–Crippen MR) is 121 cm³/mol. The fourth-order valence-electron chi connectivity index (χ4n) is 3.97. The molecule has 1 aromatic carbocycles. The van der Waals surface area contributed by atoms with Crippen LogP contribution >= 0.6 is 11.6 Å². The first-order chi connectivity index (χ1) is 14.6. The number of anilines is 2. The summed E-state index contributed by atoms with van der Waals surface area (Å²) in [5, 5.41) is 7.55. The molecule has 2 N–H and O–H groups in total. The monoisotopic (exact) mass is 426 g/mol. The molecule has 2 aromatic rings. The molecule has 8 heteroatoms. The second kappa shape index (κ2) is 9.34. The molecule has 1 unspecified atom stereocenters. The van der Waals surface area contributed by atoms with Gasteiger partial charge in [0.05, 0.1) is 5.02 Å². The van der Waals surface area contributed by atoms with Gasteiger partial charge in [0, 0.05) is 57.6 Å². The first-order valence-electron chi connectivity index (χ1n) is 10.4. The van der Waals surface area contributed by atoms with E-state index in [1.807, 2.05) is 29.2 Å². The number of halogens is 1. The number of aliphatic imine (C=N–C) groups is 1. The topological polar surface area (TPSA) is 72.9 Å². The smallest absolute Gasteiger partial charge is 0.227 e. The van der Waals surface area contributed by atoms with Gasteiger partial charge < -0.3 is 20.4 Å². The van der Waals surface area contributed by atoms with Gasteiger partial charge in [-0.05, 0) is 42.7 Å². The summed E-state index contributed by atoms with van der Waals surface area (Å²) < 4.78 is 0. The average molecular weight is 427 g/mol. The van der Waals surface area contributed by atoms with Gasteiger partial charge in [-0.3, -0.25) is 9.79 Å². The molecule has 2 aliphatic rings. The Labute approximate surface area is 182 Å². The number of amides is 1. The third-order valence-electron chi connectivity index (χ3n) is 5.57. The molecular weight excluding hydrogens is 400 g/mol. The van der Waals surface area contributed by atoms with Crippen molar-refractivity contribution in [1.29, 1.82) is 0 Å². The second-order valence-corrected chi connectivity index (χ2v) is 8.03. The van der Waals surface area contributed by atoms with Gasteiger partial charge in [0.2, 0.25) is 5.91 Å². The molecule has 7 nitrogen and oxygen atoms in total. The number of guanidine groups is 1. The van der Waals surface area contributed by atoms with E-state index in [1.54, 1.807) is 13.2 Å². The predicted octanol–water partition coefficient (Wildman–Crippen LogP) is 2.81. The minimum absolute atomic E-state index is 0.211. The molecule has 1 aromatic heterocycles. The van der Waals surface area contributed by atoms with Gasteiger partial charge in [-0.1, -0.05) is 23.7 Å². The van der Waals surface area contributed by atoms with Crippen LogP contribution in [0.4, 0.5) is 11.5 Å². The number of rotatable bonds is 5. The van der Waals surface area contributed by atoms with E-state index in [0.717, 1.165) is 55.5 Å². The second-order valence-electron chi connectivity index (χ2n) is 7.63. The molecule has 0 saturated carbocycles. The Morgan fingerprint density at radius 2 is 2.10 bits per heavy atom. The van der Waals surface area contributed by atoms with Crippen molar-refractivity contribution in [2.75, 3.05) is 36.5 Å². The number of aromatic nitrogens is 1. The number of carbonyl (C=O) groups excluding carboxylic acids is 1. The molecule has 30 heavy (non-hydrogen) atoms. The Bertz CT molecular complexity index is 916. The van der Waals surface area contributed by atoms with Crippen molar-refractivity contribution in [3.8, 4) is 0 Å². The molecule has 2 aliphatic heterocycles. The van der Waals surface area contributed by atoms with E-state index < -0.39 is 0 Å². The lowest BCUT2D eigenvalue weighted by atomic mass is 10.2. The van der Waals surface area contributed by atoms with Gasteiger partial charge in [0.25, 0.3) is 0 Å². The van der Waals surface area contributed by atoms with Crippen molar-refractivity contribution < 1.29 is 4.79 Å². The Kier molecular flexibility index (Phi) is 6.38. The van der Waals surface area contributed by atoms with Crippen molar-refractivity contribution in [1.82, 2.24) is 15.6 Å². The number of nitrogens with zero attached hydrogens (tertiary/aromatic N) is 4. The summed E-state index contributed by atoms with van der Waals surface area (Å²) in [7, 11) is 1.78.